The molecule has 0 amide bonds. The van der Waals surface area contributed by atoms with Crippen molar-refractivity contribution in [1.29, 1.82) is 0 Å². The van der Waals surface area contributed by atoms with Crippen LogP contribution in [0.3, 0.4) is 0 Å². The lowest BCUT2D eigenvalue weighted by Gasteiger charge is -2.14. The monoisotopic (exact) mass is 252 g/mol. The Kier molecular flexibility index (Phi) is 4.05. The zero-order valence-corrected chi connectivity index (χ0v) is 10.9. The van der Waals surface area contributed by atoms with Gasteiger partial charge in [0.05, 0.1) is 12.1 Å². The average molecular weight is 252 g/mol. The van der Waals surface area contributed by atoms with Crippen molar-refractivity contribution in [3.63, 3.8) is 0 Å². The molecule has 0 radical (unpaired) electrons. The van der Waals surface area contributed by atoms with Crippen LogP contribution in [0.1, 0.15) is 31.9 Å². The Morgan fingerprint density at radius 1 is 1.47 bits per heavy atom. The summed E-state index contributed by atoms with van der Waals surface area (Å²) in [5.74, 6) is 0.870. The van der Waals surface area contributed by atoms with Gasteiger partial charge in [-0.2, -0.15) is 0 Å². The van der Waals surface area contributed by atoms with Gasteiger partial charge >= 0.3 is 0 Å². The van der Waals surface area contributed by atoms with Crippen molar-refractivity contribution in [2.24, 2.45) is 4.99 Å². The second kappa shape index (κ2) is 5.54. The number of aliphatic imine (C=N–C) groups is 1. The molecule has 17 heavy (non-hydrogen) atoms. The zero-order chi connectivity index (χ0) is 12.3. The van der Waals surface area contributed by atoms with Crippen molar-refractivity contribution in [3.05, 3.63) is 35.6 Å². The van der Waals surface area contributed by atoms with Gasteiger partial charge in [0.1, 0.15) is 5.82 Å². The van der Waals surface area contributed by atoms with E-state index in [1.165, 1.54) is 12.1 Å². The Balaban J connectivity index is 1.97. The third kappa shape index (κ3) is 3.22. The maximum absolute atomic E-state index is 12.8. The van der Waals surface area contributed by atoms with E-state index < -0.39 is 0 Å². The Morgan fingerprint density at radius 2 is 2.18 bits per heavy atom. The van der Waals surface area contributed by atoms with Crippen LogP contribution >= 0.6 is 11.8 Å². The van der Waals surface area contributed by atoms with Gasteiger partial charge in [-0.25, -0.2) is 4.39 Å². The van der Waals surface area contributed by atoms with Gasteiger partial charge in [0, 0.05) is 5.75 Å². The topological polar surface area (TPSA) is 24.4 Å². The van der Waals surface area contributed by atoms with Crippen molar-refractivity contribution >= 4 is 16.9 Å². The molecule has 1 aromatic rings. The minimum absolute atomic E-state index is 0.164. The van der Waals surface area contributed by atoms with Crippen LogP contribution < -0.4 is 5.32 Å². The molecule has 92 valence electrons. The molecule has 0 saturated heterocycles. The molecule has 2 atom stereocenters. The van der Waals surface area contributed by atoms with Gasteiger partial charge in [0.2, 0.25) is 0 Å². The average Bonchev–Trinajstić information content (AvgIpc) is 2.77. The normalized spacial score (nSPS) is 21.1. The van der Waals surface area contributed by atoms with Crippen LogP contribution in [0, 0.1) is 5.82 Å². The maximum atomic E-state index is 12.8. The number of benzene rings is 1. The second-order valence-electron chi connectivity index (χ2n) is 4.22. The fraction of sp³-hybridized carbons (Fsp3) is 0.462. The lowest BCUT2D eigenvalue weighted by atomic mass is 10.1. The first-order valence-electron chi connectivity index (χ1n) is 5.91. The van der Waals surface area contributed by atoms with E-state index in [0.717, 1.165) is 22.9 Å². The number of hydrogen-bond donors (Lipinski definition) is 1. The second-order valence-corrected chi connectivity index (χ2v) is 5.23. The van der Waals surface area contributed by atoms with Crippen LogP contribution in [0.5, 0.6) is 0 Å². The molecule has 0 aliphatic carbocycles. The molecule has 2 rings (SSSR count). The molecule has 0 saturated carbocycles. The van der Waals surface area contributed by atoms with Crippen molar-refractivity contribution < 1.29 is 4.39 Å². The van der Waals surface area contributed by atoms with E-state index >= 15 is 0 Å². The molecule has 1 aromatic carbocycles. The molecule has 0 fully saturated rings. The minimum atomic E-state index is -0.195. The fourth-order valence-corrected chi connectivity index (χ4v) is 2.87. The first-order valence-corrected chi connectivity index (χ1v) is 6.90. The van der Waals surface area contributed by atoms with Gasteiger partial charge in [-0.1, -0.05) is 30.8 Å². The predicted octanol–water partition coefficient (Wildman–Crippen LogP) is 3.36. The highest BCUT2D eigenvalue weighted by molar-refractivity contribution is 8.14. The molecule has 1 heterocycles. The lowest BCUT2D eigenvalue weighted by Crippen LogP contribution is -2.23. The largest absolute Gasteiger partial charge is 0.358 e. The summed E-state index contributed by atoms with van der Waals surface area (Å²) >= 11 is 1.77. The Morgan fingerprint density at radius 3 is 2.76 bits per heavy atom. The van der Waals surface area contributed by atoms with E-state index in [1.807, 2.05) is 12.1 Å². The van der Waals surface area contributed by atoms with Gasteiger partial charge in [-0.15, -0.1) is 0 Å². The van der Waals surface area contributed by atoms with Gasteiger partial charge in [0.15, 0.2) is 5.17 Å². The SMILES string of the molecule is CCC1CSC(NC(C)c2ccc(F)cc2)=N1. The number of nitrogens with one attached hydrogen (secondary N) is 1. The molecule has 0 aromatic heterocycles. The fourth-order valence-electron chi connectivity index (χ4n) is 1.72. The molecular weight excluding hydrogens is 235 g/mol. The molecule has 0 bridgehead atoms. The molecule has 1 aliphatic heterocycles. The number of rotatable bonds is 3. The molecule has 1 aliphatic rings. The van der Waals surface area contributed by atoms with Crippen LogP contribution in [0.2, 0.25) is 0 Å². The van der Waals surface area contributed by atoms with Crippen LogP contribution in [0.15, 0.2) is 29.3 Å². The molecule has 0 spiro atoms. The lowest BCUT2D eigenvalue weighted by molar-refractivity contribution is 0.624. The number of amidine groups is 1. The number of halogens is 1. The molecule has 1 N–H and O–H groups in total. The molecule has 2 nitrogen and oxygen atoms in total. The van der Waals surface area contributed by atoms with Crippen LogP contribution in [0.25, 0.3) is 0 Å². The summed E-state index contributed by atoms with van der Waals surface area (Å²) in [6.07, 6.45) is 1.09. The summed E-state index contributed by atoms with van der Waals surface area (Å²) in [7, 11) is 0. The number of thioether (sulfide) groups is 1. The quantitative estimate of drug-likeness (QED) is 0.892. The summed E-state index contributed by atoms with van der Waals surface area (Å²) in [5.41, 5.74) is 1.08. The third-order valence-electron chi connectivity index (χ3n) is 2.89. The summed E-state index contributed by atoms with van der Waals surface area (Å²) in [4.78, 5) is 4.58. The highest BCUT2D eigenvalue weighted by Gasteiger charge is 2.18. The van der Waals surface area contributed by atoms with Crippen molar-refractivity contribution in [2.45, 2.75) is 32.4 Å². The van der Waals surface area contributed by atoms with E-state index in [1.54, 1.807) is 11.8 Å². The van der Waals surface area contributed by atoms with E-state index in [-0.39, 0.29) is 11.9 Å². The highest BCUT2D eigenvalue weighted by Crippen LogP contribution is 2.21. The maximum Gasteiger partial charge on any atom is 0.157 e. The predicted molar refractivity (Wildman–Crippen MR) is 71.9 cm³/mol. The van der Waals surface area contributed by atoms with Gasteiger partial charge in [0.25, 0.3) is 0 Å². The Hall–Kier alpha value is -1.03. The number of hydrogen-bond acceptors (Lipinski definition) is 3. The minimum Gasteiger partial charge on any atom is -0.358 e. The standard InChI is InChI=1S/C13H17FN2S/c1-3-12-8-17-13(16-12)15-9(2)10-4-6-11(14)7-5-10/h4-7,9,12H,3,8H2,1-2H3,(H,15,16). The summed E-state index contributed by atoms with van der Waals surface area (Å²) in [5, 5.41) is 4.38. The van der Waals surface area contributed by atoms with Gasteiger partial charge < -0.3 is 5.32 Å². The van der Waals surface area contributed by atoms with E-state index in [4.69, 9.17) is 0 Å². The smallest absolute Gasteiger partial charge is 0.157 e. The van der Waals surface area contributed by atoms with Crippen LogP contribution in [-0.4, -0.2) is 17.0 Å². The summed E-state index contributed by atoms with van der Waals surface area (Å²) in [6, 6.07) is 7.22. The summed E-state index contributed by atoms with van der Waals surface area (Å²) in [6.45, 7) is 4.22. The number of nitrogens with zero attached hydrogens (tertiary/aromatic N) is 1. The van der Waals surface area contributed by atoms with Crippen molar-refractivity contribution in [1.82, 2.24) is 5.32 Å². The van der Waals surface area contributed by atoms with Crippen LogP contribution in [-0.2, 0) is 0 Å². The van der Waals surface area contributed by atoms with Gasteiger partial charge in [-0.3, -0.25) is 4.99 Å². The first-order chi connectivity index (χ1) is 8.19. The first kappa shape index (κ1) is 12.4. The van der Waals surface area contributed by atoms with Crippen molar-refractivity contribution in [3.8, 4) is 0 Å². The Labute approximate surface area is 106 Å². The third-order valence-corrected chi connectivity index (χ3v) is 3.94. The van der Waals surface area contributed by atoms with Crippen molar-refractivity contribution in [2.75, 3.05) is 5.75 Å². The Bertz CT molecular complexity index is 402. The van der Waals surface area contributed by atoms with Gasteiger partial charge in [-0.05, 0) is 31.0 Å². The highest BCUT2D eigenvalue weighted by atomic mass is 32.2. The molecule has 4 heteroatoms. The zero-order valence-electron chi connectivity index (χ0n) is 10.1. The molecular formula is C13H17FN2S. The van der Waals surface area contributed by atoms with E-state index in [0.29, 0.717) is 6.04 Å². The molecule has 2 unspecified atom stereocenters. The van der Waals surface area contributed by atoms with E-state index in [2.05, 4.69) is 24.2 Å². The van der Waals surface area contributed by atoms with E-state index in [9.17, 15) is 4.39 Å². The van der Waals surface area contributed by atoms with Crippen LogP contribution in [0.4, 0.5) is 4.39 Å². The summed E-state index contributed by atoms with van der Waals surface area (Å²) < 4.78 is 12.8.